The van der Waals surface area contributed by atoms with E-state index in [1.807, 2.05) is 30.3 Å². The van der Waals surface area contributed by atoms with E-state index in [9.17, 15) is 14.0 Å². The van der Waals surface area contributed by atoms with Gasteiger partial charge in [0.15, 0.2) is 6.61 Å². The molecule has 0 aliphatic rings. The molecule has 0 spiro atoms. The van der Waals surface area contributed by atoms with Crippen molar-refractivity contribution in [2.45, 2.75) is 6.92 Å². The Kier molecular flexibility index (Phi) is 5.56. The van der Waals surface area contributed by atoms with E-state index < -0.39 is 24.3 Å². The average Bonchev–Trinajstić information content (AvgIpc) is 2.67. The summed E-state index contributed by atoms with van der Waals surface area (Å²) < 4.78 is 18.4. The van der Waals surface area contributed by atoms with Crippen molar-refractivity contribution in [1.82, 2.24) is 4.98 Å². The number of esters is 1. The minimum Gasteiger partial charge on any atom is -0.452 e. The molecule has 0 aliphatic carbocycles. The largest absolute Gasteiger partial charge is 0.452 e. The number of pyridine rings is 1. The van der Waals surface area contributed by atoms with Gasteiger partial charge in [-0.25, -0.2) is 9.18 Å². The van der Waals surface area contributed by atoms with Crippen LogP contribution in [0, 0.1) is 12.7 Å². The van der Waals surface area contributed by atoms with Crippen LogP contribution in [0.1, 0.15) is 11.1 Å². The smallest absolute Gasteiger partial charge is 0.331 e. The van der Waals surface area contributed by atoms with E-state index in [1.54, 1.807) is 31.3 Å². The molecular weight excluding hydrogens is 347 g/mol. The molecule has 5 nitrogen and oxygen atoms in total. The zero-order chi connectivity index (χ0) is 19.2. The summed E-state index contributed by atoms with van der Waals surface area (Å²) in [4.78, 5) is 28.0. The van der Waals surface area contributed by atoms with E-state index in [2.05, 4.69) is 10.3 Å². The van der Waals surface area contributed by atoms with Crippen molar-refractivity contribution >= 4 is 34.5 Å². The lowest BCUT2D eigenvalue weighted by atomic mass is 10.1. The van der Waals surface area contributed by atoms with Gasteiger partial charge < -0.3 is 10.1 Å². The van der Waals surface area contributed by atoms with Crippen LogP contribution in [0.25, 0.3) is 17.0 Å². The molecular formula is C21H17FN2O3. The molecule has 1 amide bonds. The second-order valence-electron chi connectivity index (χ2n) is 5.88. The van der Waals surface area contributed by atoms with E-state index in [0.717, 1.165) is 16.5 Å². The summed E-state index contributed by atoms with van der Waals surface area (Å²) in [6.45, 7) is 1.16. The van der Waals surface area contributed by atoms with Gasteiger partial charge in [-0.1, -0.05) is 30.3 Å². The Labute approximate surface area is 155 Å². The first-order valence-corrected chi connectivity index (χ1v) is 8.27. The molecule has 0 bridgehead atoms. The number of nitrogens with zero attached hydrogens (tertiary/aromatic N) is 1. The molecule has 2 aromatic carbocycles. The van der Waals surface area contributed by atoms with Gasteiger partial charge in [0, 0.05) is 28.9 Å². The molecule has 0 unspecified atom stereocenters. The highest BCUT2D eigenvalue weighted by molar-refractivity contribution is 5.96. The van der Waals surface area contributed by atoms with Crippen LogP contribution in [0.3, 0.4) is 0 Å². The van der Waals surface area contributed by atoms with Crippen molar-refractivity contribution in [2.75, 3.05) is 11.9 Å². The molecule has 0 fully saturated rings. The summed E-state index contributed by atoms with van der Waals surface area (Å²) in [7, 11) is 0. The van der Waals surface area contributed by atoms with Crippen LogP contribution < -0.4 is 5.32 Å². The number of amides is 1. The third-order valence-electron chi connectivity index (χ3n) is 3.86. The first-order valence-electron chi connectivity index (χ1n) is 8.27. The average molecular weight is 364 g/mol. The second kappa shape index (κ2) is 8.23. The van der Waals surface area contributed by atoms with Gasteiger partial charge in [0.05, 0.1) is 5.52 Å². The van der Waals surface area contributed by atoms with E-state index in [-0.39, 0.29) is 0 Å². The quantitative estimate of drug-likeness (QED) is 0.551. The normalized spacial score (nSPS) is 10.9. The van der Waals surface area contributed by atoms with Gasteiger partial charge in [0.2, 0.25) is 0 Å². The Balaban J connectivity index is 1.56. The maximum atomic E-state index is 13.5. The van der Waals surface area contributed by atoms with Crippen molar-refractivity contribution in [3.05, 3.63) is 77.7 Å². The van der Waals surface area contributed by atoms with Crippen LogP contribution in [-0.2, 0) is 14.3 Å². The van der Waals surface area contributed by atoms with Gasteiger partial charge in [-0.3, -0.25) is 9.78 Å². The Hall–Kier alpha value is -3.54. The molecule has 0 aliphatic heterocycles. The SMILES string of the molecule is Cc1ccc(NC(=O)COC(=O)/C=C/c2cccc3cccnc23)cc1F. The number of anilines is 1. The van der Waals surface area contributed by atoms with Gasteiger partial charge in [-0.05, 0) is 36.8 Å². The molecule has 136 valence electrons. The summed E-state index contributed by atoms with van der Waals surface area (Å²) in [5.41, 5.74) is 2.32. The molecule has 0 saturated carbocycles. The monoisotopic (exact) mass is 364 g/mol. The Bertz CT molecular complexity index is 1030. The van der Waals surface area contributed by atoms with Crippen LogP contribution in [0.2, 0.25) is 0 Å². The zero-order valence-corrected chi connectivity index (χ0v) is 14.6. The lowest BCUT2D eigenvalue weighted by molar-refractivity contribution is -0.142. The summed E-state index contributed by atoms with van der Waals surface area (Å²) in [5.74, 6) is -1.63. The number of nitrogens with one attached hydrogen (secondary N) is 1. The lowest BCUT2D eigenvalue weighted by Gasteiger charge is -2.06. The Morgan fingerprint density at radius 2 is 2.00 bits per heavy atom. The summed E-state index contributed by atoms with van der Waals surface area (Å²) in [5, 5.41) is 3.43. The van der Waals surface area contributed by atoms with E-state index >= 15 is 0 Å². The van der Waals surface area contributed by atoms with Crippen LogP contribution in [-0.4, -0.2) is 23.5 Å². The number of aromatic nitrogens is 1. The fourth-order valence-electron chi connectivity index (χ4n) is 2.47. The molecule has 27 heavy (non-hydrogen) atoms. The first-order chi connectivity index (χ1) is 13.0. The number of carbonyl (C=O) groups is 2. The molecule has 1 N–H and O–H groups in total. The highest BCUT2D eigenvalue weighted by Gasteiger charge is 2.07. The molecule has 1 aromatic heterocycles. The van der Waals surface area contributed by atoms with Gasteiger partial charge in [0.25, 0.3) is 5.91 Å². The number of halogens is 1. The number of hydrogen-bond acceptors (Lipinski definition) is 4. The second-order valence-corrected chi connectivity index (χ2v) is 5.88. The number of para-hydroxylation sites is 1. The molecule has 3 aromatic rings. The number of ether oxygens (including phenoxy) is 1. The number of benzene rings is 2. The van der Waals surface area contributed by atoms with Crippen LogP contribution in [0.15, 0.2) is 60.8 Å². The molecule has 3 rings (SSSR count). The van der Waals surface area contributed by atoms with Gasteiger partial charge in [-0.2, -0.15) is 0 Å². The molecule has 6 heteroatoms. The molecule has 1 heterocycles. The maximum absolute atomic E-state index is 13.5. The maximum Gasteiger partial charge on any atom is 0.331 e. The fourth-order valence-corrected chi connectivity index (χ4v) is 2.47. The topological polar surface area (TPSA) is 68.3 Å². The van der Waals surface area contributed by atoms with Crippen molar-refractivity contribution in [2.24, 2.45) is 0 Å². The predicted molar refractivity (Wildman–Crippen MR) is 102 cm³/mol. The Morgan fingerprint density at radius 1 is 1.19 bits per heavy atom. The third-order valence-corrected chi connectivity index (χ3v) is 3.86. The van der Waals surface area contributed by atoms with Gasteiger partial charge >= 0.3 is 5.97 Å². The number of fused-ring (bicyclic) bond motifs is 1. The zero-order valence-electron chi connectivity index (χ0n) is 14.6. The number of rotatable bonds is 5. The summed E-state index contributed by atoms with van der Waals surface area (Å²) in [6, 6.07) is 13.7. The van der Waals surface area contributed by atoms with Crippen LogP contribution in [0.4, 0.5) is 10.1 Å². The number of carbonyl (C=O) groups excluding carboxylic acids is 2. The third kappa shape index (κ3) is 4.76. The van der Waals surface area contributed by atoms with E-state index in [4.69, 9.17) is 4.74 Å². The highest BCUT2D eigenvalue weighted by atomic mass is 19.1. The highest BCUT2D eigenvalue weighted by Crippen LogP contribution is 2.17. The van der Waals surface area contributed by atoms with Crippen LogP contribution in [0.5, 0.6) is 0 Å². The molecule has 0 radical (unpaired) electrons. The molecule has 0 atom stereocenters. The minimum absolute atomic E-state index is 0.302. The lowest BCUT2D eigenvalue weighted by Crippen LogP contribution is -2.20. The van der Waals surface area contributed by atoms with Gasteiger partial charge in [-0.15, -0.1) is 0 Å². The number of hydrogen-bond donors (Lipinski definition) is 1. The standard InChI is InChI=1S/C21H17FN2O3/c1-14-7-9-17(12-18(14)22)24-19(25)13-27-20(26)10-8-16-5-2-4-15-6-3-11-23-21(15)16/h2-12H,13H2,1H3,(H,24,25)/b10-8+. The summed E-state index contributed by atoms with van der Waals surface area (Å²) in [6.07, 6.45) is 4.50. The molecule has 0 saturated heterocycles. The summed E-state index contributed by atoms with van der Waals surface area (Å²) >= 11 is 0. The van der Waals surface area contributed by atoms with E-state index in [1.165, 1.54) is 12.1 Å². The number of aryl methyl sites for hydroxylation is 1. The predicted octanol–water partition coefficient (Wildman–Crippen LogP) is 3.88. The van der Waals surface area contributed by atoms with Gasteiger partial charge in [0.1, 0.15) is 5.82 Å². The Morgan fingerprint density at radius 3 is 2.81 bits per heavy atom. The van der Waals surface area contributed by atoms with Crippen molar-refractivity contribution in [3.8, 4) is 0 Å². The van der Waals surface area contributed by atoms with Crippen molar-refractivity contribution in [3.63, 3.8) is 0 Å². The minimum atomic E-state index is -0.659. The first kappa shape index (κ1) is 18.3. The van der Waals surface area contributed by atoms with Crippen LogP contribution >= 0.6 is 0 Å². The van der Waals surface area contributed by atoms with Crippen molar-refractivity contribution in [1.29, 1.82) is 0 Å². The van der Waals surface area contributed by atoms with E-state index in [0.29, 0.717) is 11.3 Å². The fraction of sp³-hybridized carbons (Fsp3) is 0.0952. The van der Waals surface area contributed by atoms with Crippen molar-refractivity contribution < 1.29 is 18.7 Å².